The van der Waals surface area contributed by atoms with E-state index in [0.29, 0.717) is 11.3 Å². The second-order valence-electron chi connectivity index (χ2n) is 3.06. The lowest BCUT2D eigenvalue weighted by Gasteiger charge is -2.22. The van der Waals surface area contributed by atoms with Gasteiger partial charge in [0.1, 0.15) is 0 Å². The Morgan fingerprint density at radius 3 is 2.21 bits per heavy atom. The zero-order valence-electron chi connectivity index (χ0n) is 7.47. The molecular formula is C9H12N2O3. The molecule has 0 saturated carbocycles. The summed E-state index contributed by atoms with van der Waals surface area (Å²) in [6, 6.07) is 6.05. The van der Waals surface area contributed by atoms with E-state index in [1.807, 2.05) is 0 Å². The summed E-state index contributed by atoms with van der Waals surface area (Å²) in [6.45, 7) is -0.660. The number of rotatable bonds is 3. The minimum absolute atomic E-state index is 0.321. The molecule has 1 aromatic carbocycles. The zero-order valence-corrected chi connectivity index (χ0v) is 7.47. The molecule has 0 aliphatic rings. The molecule has 76 valence electrons. The van der Waals surface area contributed by atoms with Crippen LogP contribution in [-0.2, 0) is 10.3 Å². The maximum absolute atomic E-state index is 10.8. The van der Waals surface area contributed by atoms with Crippen molar-refractivity contribution in [3.05, 3.63) is 29.8 Å². The smallest absolute Gasteiger partial charge is 0.330 e. The molecule has 1 atom stereocenters. The van der Waals surface area contributed by atoms with Crippen molar-refractivity contribution in [2.75, 3.05) is 12.3 Å². The number of aliphatic carboxylic acids is 1. The number of carbonyl (C=O) groups is 1. The number of carboxylic acid groups (broad SMARTS) is 1. The number of anilines is 1. The summed E-state index contributed by atoms with van der Waals surface area (Å²) in [6.07, 6.45) is 0. The minimum Gasteiger partial charge on any atom is -0.480 e. The first kappa shape index (κ1) is 10.5. The molecule has 0 saturated heterocycles. The quantitative estimate of drug-likeness (QED) is 0.487. The number of aliphatic hydroxyl groups excluding tert-OH is 1. The fraction of sp³-hybridized carbons (Fsp3) is 0.222. The molecule has 0 spiro atoms. The Labute approximate surface area is 81.0 Å². The fourth-order valence-electron chi connectivity index (χ4n) is 1.06. The van der Waals surface area contributed by atoms with Crippen LogP contribution in [0.15, 0.2) is 24.3 Å². The van der Waals surface area contributed by atoms with Gasteiger partial charge in [-0.1, -0.05) is 12.1 Å². The topological polar surface area (TPSA) is 110 Å². The first-order valence-electron chi connectivity index (χ1n) is 4.00. The lowest BCUT2D eigenvalue weighted by Crippen LogP contribution is -2.48. The highest BCUT2D eigenvalue weighted by molar-refractivity contribution is 5.80. The van der Waals surface area contributed by atoms with E-state index in [0.717, 1.165) is 0 Å². The zero-order chi connectivity index (χ0) is 10.8. The Kier molecular flexibility index (Phi) is 2.73. The first-order chi connectivity index (χ1) is 6.50. The van der Waals surface area contributed by atoms with Crippen LogP contribution in [0.5, 0.6) is 0 Å². The highest BCUT2D eigenvalue weighted by Crippen LogP contribution is 2.19. The van der Waals surface area contributed by atoms with Gasteiger partial charge in [-0.15, -0.1) is 0 Å². The normalized spacial score (nSPS) is 14.7. The van der Waals surface area contributed by atoms with Gasteiger partial charge < -0.3 is 21.7 Å². The Balaban J connectivity index is 3.13. The summed E-state index contributed by atoms with van der Waals surface area (Å²) in [4.78, 5) is 10.8. The summed E-state index contributed by atoms with van der Waals surface area (Å²) in [5.74, 6) is -1.27. The van der Waals surface area contributed by atoms with Crippen LogP contribution in [0.4, 0.5) is 5.69 Å². The maximum Gasteiger partial charge on any atom is 0.330 e. The molecule has 0 aromatic heterocycles. The van der Waals surface area contributed by atoms with Gasteiger partial charge >= 0.3 is 5.97 Å². The van der Waals surface area contributed by atoms with E-state index in [9.17, 15) is 4.79 Å². The van der Waals surface area contributed by atoms with Gasteiger partial charge in [0, 0.05) is 5.69 Å². The van der Waals surface area contributed by atoms with E-state index in [4.69, 9.17) is 21.7 Å². The van der Waals surface area contributed by atoms with Crippen LogP contribution in [0.25, 0.3) is 0 Å². The van der Waals surface area contributed by atoms with Crippen LogP contribution < -0.4 is 11.5 Å². The van der Waals surface area contributed by atoms with Gasteiger partial charge in [-0.3, -0.25) is 0 Å². The van der Waals surface area contributed by atoms with Crippen LogP contribution in [0, 0.1) is 0 Å². The minimum atomic E-state index is -1.76. The van der Waals surface area contributed by atoms with Gasteiger partial charge in [0.05, 0.1) is 6.61 Å². The number of carboxylic acids is 1. The monoisotopic (exact) mass is 196 g/mol. The van der Waals surface area contributed by atoms with E-state index in [1.54, 1.807) is 0 Å². The number of aliphatic hydroxyl groups is 1. The van der Waals surface area contributed by atoms with Crippen molar-refractivity contribution in [3.8, 4) is 0 Å². The van der Waals surface area contributed by atoms with Gasteiger partial charge in [0.15, 0.2) is 5.54 Å². The highest BCUT2D eigenvalue weighted by atomic mass is 16.4. The molecule has 1 rings (SSSR count). The summed E-state index contributed by atoms with van der Waals surface area (Å²) < 4.78 is 0. The molecule has 0 aliphatic heterocycles. The van der Waals surface area contributed by atoms with E-state index < -0.39 is 18.1 Å². The van der Waals surface area contributed by atoms with Crippen molar-refractivity contribution in [1.29, 1.82) is 0 Å². The molecular weight excluding hydrogens is 184 g/mol. The number of nitrogen functional groups attached to an aromatic ring is 1. The van der Waals surface area contributed by atoms with Gasteiger partial charge in [0.2, 0.25) is 0 Å². The van der Waals surface area contributed by atoms with E-state index in [-0.39, 0.29) is 0 Å². The third-order valence-electron chi connectivity index (χ3n) is 2.06. The number of benzene rings is 1. The fourth-order valence-corrected chi connectivity index (χ4v) is 1.06. The molecule has 0 fully saturated rings. The second-order valence-corrected chi connectivity index (χ2v) is 3.06. The van der Waals surface area contributed by atoms with E-state index in [2.05, 4.69) is 0 Å². The predicted octanol–water partition coefficient (Wildman–Crippen LogP) is -0.500. The number of nitrogens with two attached hydrogens (primary N) is 2. The average molecular weight is 196 g/mol. The van der Waals surface area contributed by atoms with Crippen LogP contribution in [0.1, 0.15) is 5.56 Å². The molecule has 5 nitrogen and oxygen atoms in total. The molecule has 14 heavy (non-hydrogen) atoms. The maximum atomic E-state index is 10.8. The summed E-state index contributed by atoms with van der Waals surface area (Å²) in [5.41, 5.74) is 10.0. The van der Waals surface area contributed by atoms with Crippen molar-refractivity contribution in [2.45, 2.75) is 5.54 Å². The third kappa shape index (κ3) is 1.68. The molecule has 0 bridgehead atoms. The Bertz CT molecular complexity index is 336. The standard InChI is InChI=1S/C9H12N2O3/c10-7-3-1-6(2-4-7)9(11,5-12)8(13)14/h1-4,12H,5,10-11H2,(H,13,14)/t9-/m0/s1. The third-order valence-corrected chi connectivity index (χ3v) is 2.06. The molecule has 0 amide bonds. The summed E-state index contributed by atoms with van der Waals surface area (Å²) in [7, 11) is 0. The predicted molar refractivity (Wildman–Crippen MR) is 51.4 cm³/mol. The molecule has 1 aromatic rings. The molecule has 0 unspecified atom stereocenters. The molecule has 0 radical (unpaired) electrons. The van der Waals surface area contributed by atoms with Gasteiger partial charge in [-0.2, -0.15) is 0 Å². The van der Waals surface area contributed by atoms with Gasteiger partial charge in [-0.25, -0.2) is 4.79 Å². The van der Waals surface area contributed by atoms with Crippen LogP contribution >= 0.6 is 0 Å². The molecule has 0 heterocycles. The summed E-state index contributed by atoms with van der Waals surface area (Å²) >= 11 is 0. The number of hydrogen-bond acceptors (Lipinski definition) is 4. The average Bonchev–Trinajstić information content (AvgIpc) is 2.17. The van der Waals surface area contributed by atoms with Gasteiger partial charge in [-0.05, 0) is 17.7 Å². The Hall–Kier alpha value is -1.59. The van der Waals surface area contributed by atoms with Gasteiger partial charge in [0.25, 0.3) is 0 Å². The highest BCUT2D eigenvalue weighted by Gasteiger charge is 2.35. The number of hydrogen-bond donors (Lipinski definition) is 4. The summed E-state index contributed by atoms with van der Waals surface area (Å²) in [5, 5.41) is 17.8. The molecule has 5 heteroatoms. The van der Waals surface area contributed by atoms with Crippen molar-refractivity contribution in [3.63, 3.8) is 0 Å². The SMILES string of the molecule is Nc1ccc([C@@](N)(CO)C(=O)O)cc1. The molecule has 0 aliphatic carbocycles. The van der Waals surface area contributed by atoms with Crippen molar-refractivity contribution < 1.29 is 15.0 Å². The van der Waals surface area contributed by atoms with Crippen LogP contribution in [-0.4, -0.2) is 22.8 Å². The largest absolute Gasteiger partial charge is 0.480 e. The Morgan fingerprint density at radius 1 is 1.36 bits per heavy atom. The second kappa shape index (κ2) is 3.65. The van der Waals surface area contributed by atoms with Crippen molar-refractivity contribution in [2.24, 2.45) is 5.73 Å². The van der Waals surface area contributed by atoms with Crippen molar-refractivity contribution >= 4 is 11.7 Å². The van der Waals surface area contributed by atoms with E-state index >= 15 is 0 Å². The molecule has 6 N–H and O–H groups in total. The Morgan fingerprint density at radius 2 is 1.86 bits per heavy atom. The van der Waals surface area contributed by atoms with E-state index in [1.165, 1.54) is 24.3 Å². The first-order valence-corrected chi connectivity index (χ1v) is 4.00. The van der Waals surface area contributed by atoms with Crippen LogP contribution in [0.3, 0.4) is 0 Å². The van der Waals surface area contributed by atoms with Crippen LogP contribution in [0.2, 0.25) is 0 Å². The lowest BCUT2D eigenvalue weighted by molar-refractivity contribution is -0.145. The van der Waals surface area contributed by atoms with Crippen molar-refractivity contribution in [1.82, 2.24) is 0 Å². The lowest BCUT2D eigenvalue weighted by atomic mass is 9.92.